The number of carbonyl (C=O) groups excluding carboxylic acids is 1. The van der Waals surface area contributed by atoms with Gasteiger partial charge in [0, 0.05) is 18.7 Å². The van der Waals surface area contributed by atoms with Crippen LogP contribution in [0.4, 0.5) is 0 Å². The number of hydrogen-bond donors (Lipinski definition) is 0. The number of ether oxygens (including phenoxy) is 1. The summed E-state index contributed by atoms with van der Waals surface area (Å²) in [6.07, 6.45) is 1.09. The predicted octanol–water partition coefficient (Wildman–Crippen LogP) is 2.67. The Bertz CT molecular complexity index is 411. The van der Waals surface area contributed by atoms with E-state index >= 15 is 0 Å². The van der Waals surface area contributed by atoms with Crippen LogP contribution in [0.5, 0.6) is 0 Å². The molecule has 1 unspecified atom stereocenters. The Balaban J connectivity index is 2.14. The highest BCUT2D eigenvalue weighted by Crippen LogP contribution is 2.20. The van der Waals surface area contributed by atoms with E-state index < -0.39 is 0 Å². The molecule has 1 aliphatic rings. The Hall–Kier alpha value is -1.35. The summed E-state index contributed by atoms with van der Waals surface area (Å²) in [5, 5.41) is 0. The molecule has 18 heavy (non-hydrogen) atoms. The molecule has 1 aliphatic heterocycles. The number of amides is 1. The summed E-state index contributed by atoms with van der Waals surface area (Å²) in [5.41, 5.74) is 2.05. The summed E-state index contributed by atoms with van der Waals surface area (Å²) in [5.74, 6) is 0.630. The molecule has 1 fully saturated rings. The minimum Gasteiger partial charge on any atom is -0.378 e. The van der Waals surface area contributed by atoms with Crippen molar-refractivity contribution in [2.45, 2.75) is 26.2 Å². The molecule has 0 aliphatic carbocycles. The third-order valence-corrected chi connectivity index (χ3v) is 3.61. The minimum atomic E-state index is 0.128. The van der Waals surface area contributed by atoms with Gasteiger partial charge in [-0.1, -0.05) is 26.0 Å². The van der Waals surface area contributed by atoms with Crippen LogP contribution in [0, 0.1) is 0 Å². The first-order valence-corrected chi connectivity index (χ1v) is 6.69. The highest BCUT2D eigenvalue weighted by atomic mass is 16.5. The Morgan fingerprint density at radius 3 is 2.78 bits per heavy atom. The van der Waals surface area contributed by atoms with Gasteiger partial charge < -0.3 is 9.64 Å². The van der Waals surface area contributed by atoms with Crippen LogP contribution in [0.15, 0.2) is 24.3 Å². The van der Waals surface area contributed by atoms with E-state index in [-0.39, 0.29) is 5.91 Å². The third-order valence-electron chi connectivity index (χ3n) is 3.61. The van der Waals surface area contributed by atoms with E-state index in [1.54, 1.807) is 0 Å². The minimum absolute atomic E-state index is 0.128. The van der Waals surface area contributed by atoms with Gasteiger partial charge in [-0.3, -0.25) is 4.79 Å². The van der Waals surface area contributed by atoms with Gasteiger partial charge in [0.2, 0.25) is 0 Å². The molecule has 98 valence electrons. The van der Waals surface area contributed by atoms with Crippen molar-refractivity contribution in [3.05, 3.63) is 35.4 Å². The molecule has 1 atom stereocenters. The fraction of sp³-hybridized carbons (Fsp3) is 0.533. The third kappa shape index (κ3) is 2.91. The first-order chi connectivity index (χ1) is 8.72. The Kier molecular flexibility index (Phi) is 4.37. The van der Waals surface area contributed by atoms with Crippen LogP contribution in [-0.4, -0.2) is 37.1 Å². The van der Waals surface area contributed by atoms with Gasteiger partial charge in [0.1, 0.15) is 0 Å². The number of hydrogen-bond acceptors (Lipinski definition) is 2. The lowest BCUT2D eigenvalue weighted by Gasteiger charge is -2.27. The zero-order valence-corrected chi connectivity index (χ0v) is 11.2. The maximum atomic E-state index is 12.3. The highest BCUT2D eigenvalue weighted by molar-refractivity contribution is 5.94. The maximum absolute atomic E-state index is 12.3. The lowest BCUT2D eigenvalue weighted by molar-refractivity contribution is 0.0303. The van der Waals surface area contributed by atoms with Gasteiger partial charge in [-0.15, -0.1) is 0 Å². The Labute approximate surface area is 109 Å². The molecule has 0 saturated carbocycles. The quantitative estimate of drug-likeness (QED) is 0.822. The second kappa shape index (κ2) is 6.01. The summed E-state index contributed by atoms with van der Waals surface area (Å²) in [4.78, 5) is 14.2. The number of rotatable bonds is 3. The zero-order valence-electron chi connectivity index (χ0n) is 11.2. The molecule has 0 spiro atoms. The van der Waals surface area contributed by atoms with Crippen molar-refractivity contribution in [3.8, 4) is 0 Å². The fourth-order valence-electron chi connectivity index (χ4n) is 2.16. The molecule has 0 bridgehead atoms. The van der Waals surface area contributed by atoms with Gasteiger partial charge >= 0.3 is 0 Å². The van der Waals surface area contributed by atoms with Gasteiger partial charge in [0.25, 0.3) is 5.91 Å². The number of morpholine rings is 1. The second-order valence-corrected chi connectivity index (χ2v) is 4.84. The smallest absolute Gasteiger partial charge is 0.254 e. The van der Waals surface area contributed by atoms with Crippen LogP contribution in [0.1, 0.15) is 42.1 Å². The van der Waals surface area contributed by atoms with Crippen molar-refractivity contribution in [2.75, 3.05) is 26.3 Å². The topological polar surface area (TPSA) is 29.5 Å². The molecule has 0 radical (unpaired) electrons. The van der Waals surface area contributed by atoms with E-state index in [0.717, 1.165) is 12.0 Å². The van der Waals surface area contributed by atoms with Crippen molar-refractivity contribution >= 4 is 5.91 Å². The van der Waals surface area contributed by atoms with Gasteiger partial charge in [0.15, 0.2) is 0 Å². The molecule has 0 aromatic heterocycles. The van der Waals surface area contributed by atoms with E-state index in [1.807, 2.05) is 23.1 Å². The molecule has 1 heterocycles. The van der Waals surface area contributed by atoms with Crippen molar-refractivity contribution in [2.24, 2.45) is 0 Å². The average Bonchev–Trinajstić information content (AvgIpc) is 2.46. The molecule has 2 rings (SSSR count). The molecule has 0 N–H and O–H groups in total. The molecular weight excluding hydrogens is 226 g/mol. The van der Waals surface area contributed by atoms with E-state index in [1.165, 1.54) is 5.56 Å². The van der Waals surface area contributed by atoms with Crippen molar-refractivity contribution < 1.29 is 9.53 Å². The van der Waals surface area contributed by atoms with Crippen molar-refractivity contribution in [1.29, 1.82) is 0 Å². The lowest BCUT2D eigenvalue weighted by atomic mass is 9.96. The summed E-state index contributed by atoms with van der Waals surface area (Å²) in [6.45, 7) is 7.06. The number of carbonyl (C=O) groups is 1. The first-order valence-electron chi connectivity index (χ1n) is 6.69. The van der Waals surface area contributed by atoms with Crippen molar-refractivity contribution in [3.63, 3.8) is 0 Å². The van der Waals surface area contributed by atoms with E-state index in [2.05, 4.69) is 19.9 Å². The molecule has 3 nitrogen and oxygen atoms in total. The summed E-state index contributed by atoms with van der Waals surface area (Å²) in [6, 6.07) is 8.02. The van der Waals surface area contributed by atoms with E-state index in [4.69, 9.17) is 4.74 Å². The maximum Gasteiger partial charge on any atom is 0.254 e. The molecule has 1 aromatic carbocycles. The highest BCUT2D eigenvalue weighted by Gasteiger charge is 2.18. The molecule has 1 saturated heterocycles. The van der Waals surface area contributed by atoms with Crippen LogP contribution in [0.3, 0.4) is 0 Å². The average molecular weight is 247 g/mol. The van der Waals surface area contributed by atoms with Crippen LogP contribution in [0.25, 0.3) is 0 Å². The Morgan fingerprint density at radius 2 is 2.11 bits per heavy atom. The monoisotopic (exact) mass is 247 g/mol. The van der Waals surface area contributed by atoms with E-state index in [9.17, 15) is 4.79 Å². The zero-order chi connectivity index (χ0) is 13.0. The van der Waals surface area contributed by atoms with Gasteiger partial charge in [-0.05, 0) is 30.0 Å². The van der Waals surface area contributed by atoms with Crippen molar-refractivity contribution in [1.82, 2.24) is 4.90 Å². The fourth-order valence-corrected chi connectivity index (χ4v) is 2.16. The Morgan fingerprint density at radius 1 is 1.39 bits per heavy atom. The SMILES string of the molecule is CCC(C)c1cccc(C(=O)N2CCOCC2)c1. The van der Waals surface area contributed by atoms with Crippen LogP contribution < -0.4 is 0 Å². The lowest BCUT2D eigenvalue weighted by Crippen LogP contribution is -2.40. The molecule has 3 heteroatoms. The standard InChI is InChI=1S/C15H21NO2/c1-3-12(2)13-5-4-6-14(11-13)15(17)16-7-9-18-10-8-16/h4-6,11-12H,3,7-10H2,1-2H3. The number of benzene rings is 1. The molecule has 1 amide bonds. The summed E-state index contributed by atoms with van der Waals surface area (Å²) in [7, 11) is 0. The van der Waals surface area contributed by atoms with Crippen LogP contribution in [-0.2, 0) is 4.74 Å². The largest absolute Gasteiger partial charge is 0.378 e. The first kappa shape index (κ1) is 13.1. The van der Waals surface area contributed by atoms with Crippen LogP contribution in [0.2, 0.25) is 0 Å². The summed E-state index contributed by atoms with van der Waals surface area (Å²) >= 11 is 0. The summed E-state index contributed by atoms with van der Waals surface area (Å²) < 4.78 is 5.27. The molecular formula is C15H21NO2. The van der Waals surface area contributed by atoms with E-state index in [0.29, 0.717) is 32.2 Å². The molecule has 1 aromatic rings. The van der Waals surface area contributed by atoms with Gasteiger partial charge in [0.05, 0.1) is 13.2 Å². The second-order valence-electron chi connectivity index (χ2n) is 4.84. The predicted molar refractivity (Wildman–Crippen MR) is 71.9 cm³/mol. The van der Waals surface area contributed by atoms with Gasteiger partial charge in [-0.25, -0.2) is 0 Å². The van der Waals surface area contributed by atoms with Gasteiger partial charge in [-0.2, -0.15) is 0 Å². The van der Waals surface area contributed by atoms with Crippen LogP contribution >= 0.6 is 0 Å². The normalized spacial score (nSPS) is 17.6. The number of nitrogens with zero attached hydrogens (tertiary/aromatic N) is 1.